The fourth-order valence-electron chi connectivity index (χ4n) is 4.88. The van der Waals surface area contributed by atoms with Gasteiger partial charge in [0, 0.05) is 32.4 Å². The summed E-state index contributed by atoms with van der Waals surface area (Å²) in [5.41, 5.74) is 3.14. The van der Waals surface area contributed by atoms with Crippen LogP contribution in [0.1, 0.15) is 26.7 Å². The van der Waals surface area contributed by atoms with Crippen LogP contribution in [0.15, 0.2) is 142 Å². The van der Waals surface area contributed by atoms with E-state index in [2.05, 4.69) is 31.9 Å². The number of carbonyl (C=O) groups excluding carboxylic acids is 3. The molecular formula is C38H30BrN3O5S. The lowest BCUT2D eigenvalue weighted by atomic mass is 10.1. The van der Waals surface area contributed by atoms with Gasteiger partial charge in [0.1, 0.15) is 24.2 Å². The maximum absolute atomic E-state index is 13.7. The predicted octanol–water partition coefficient (Wildman–Crippen LogP) is 8.10. The highest BCUT2D eigenvalue weighted by Crippen LogP contribution is 2.38. The first kappa shape index (κ1) is 32.6. The number of halogens is 1. The minimum atomic E-state index is -0.608. The van der Waals surface area contributed by atoms with Crippen LogP contribution in [0, 0.1) is 0 Å². The van der Waals surface area contributed by atoms with Crippen LogP contribution in [-0.2, 0) is 9.59 Å². The summed E-state index contributed by atoms with van der Waals surface area (Å²) in [4.78, 5) is 41.1. The average molecular weight is 721 g/mol. The number of ether oxygens (including phenoxy) is 2. The molecule has 3 amide bonds. The summed E-state index contributed by atoms with van der Waals surface area (Å²) in [6.07, 6.45) is 1.62. The van der Waals surface area contributed by atoms with E-state index in [1.807, 2.05) is 66.7 Å². The zero-order valence-corrected chi connectivity index (χ0v) is 27.9. The third-order valence-corrected chi connectivity index (χ3v) is 8.98. The smallest absolute Gasteiger partial charge is 0.272 e. The van der Waals surface area contributed by atoms with Gasteiger partial charge < -0.3 is 25.4 Å². The monoisotopic (exact) mass is 719 g/mol. The lowest BCUT2D eigenvalue weighted by molar-refractivity contribution is -0.116. The molecule has 10 heteroatoms. The molecule has 0 aliphatic carbocycles. The molecule has 1 unspecified atom stereocenters. The van der Waals surface area contributed by atoms with Gasteiger partial charge >= 0.3 is 0 Å². The van der Waals surface area contributed by atoms with Crippen molar-refractivity contribution in [3.63, 3.8) is 0 Å². The topological polar surface area (TPSA) is 106 Å². The van der Waals surface area contributed by atoms with Crippen LogP contribution in [0.3, 0.4) is 0 Å². The molecule has 3 N–H and O–H groups in total. The van der Waals surface area contributed by atoms with Crippen molar-refractivity contribution in [1.29, 1.82) is 0 Å². The van der Waals surface area contributed by atoms with Gasteiger partial charge in [-0.2, -0.15) is 0 Å². The first-order chi connectivity index (χ1) is 23.4. The number of anilines is 2. The fourth-order valence-corrected chi connectivity index (χ4v) is 6.23. The Morgan fingerprint density at radius 3 is 2.15 bits per heavy atom. The second-order valence-corrected chi connectivity index (χ2v) is 12.8. The lowest BCUT2D eigenvalue weighted by Gasteiger charge is -2.20. The molecule has 1 atom stereocenters. The number of hydrogen-bond acceptors (Lipinski definition) is 6. The standard InChI is InChI=1S/C38H30BrN3O5S/c39-28-16-14-25(15-17-28)22-32(42-36(43)27-10-5-2-6-11-27)37(44)40-29-12-7-13-31(23-29)48-35(26-8-3-1-4-9-26)38(45)41-30-18-19-33-34(24-30)47-21-20-46-33/h1-19,22-24,35H,20-21H2,(H,40,44)(H,41,45)(H,42,43)/b32-22-. The Hall–Kier alpha value is -5.32. The number of hydrogen-bond donors (Lipinski definition) is 3. The van der Waals surface area contributed by atoms with E-state index in [0.717, 1.165) is 20.5 Å². The number of thioether (sulfide) groups is 1. The van der Waals surface area contributed by atoms with Gasteiger partial charge in [-0.3, -0.25) is 14.4 Å². The summed E-state index contributed by atoms with van der Waals surface area (Å²) in [6.45, 7) is 0.927. The van der Waals surface area contributed by atoms with E-state index in [-0.39, 0.29) is 11.6 Å². The summed E-state index contributed by atoms with van der Waals surface area (Å²) < 4.78 is 12.2. The van der Waals surface area contributed by atoms with Crippen molar-refractivity contribution in [3.05, 3.63) is 154 Å². The molecule has 240 valence electrons. The van der Waals surface area contributed by atoms with Gasteiger partial charge in [0.2, 0.25) is 5.91 Å². The van der Waals surface area contributed by atoms with Crippen molar-refractivity contribution in [2.75, 3.05) is 23.8 Å². The Balaban J connectivity index is 1.21. The molecule has 6 rings (SSSR count). The van der Waals surface area contributed by atoms with Crippen LogP contribution in [0.5, 0.6) is 11.5 Å². The molecular weight excluding hydrogens is 690 g/mol. The van der Waals surface area contributed by atoms with Gasteiger partial charge in [-0.25, -0.2) is 0 Å². The Bertz CT molecular complexity index is 1950. The SMILES string of the molecule is O=C(Nc1cccc(SC(C(=O)Nc2ccc3c(c2)OCCO3)c2ccccc2)c1)/C(=C/c1ccc(Br)cc1)NC(=O)c1ccccc1. The van der Waals surface area contributed by atoms with Crippen LogP contribution >= 0.6 is 27.7 Å². The summed E-state index contributed by atoms with van der Waals surface area (Å²) in [7, 11) is 0. The first-order valence-electron chi connectivity index (χ1n) is 15.1. The second-order valence-electron chi connectivity index (χ2n) is 10.7. The molecule has 0 spiro atoms. The van der Waals surface area contributed by atoms with Gasteiger partial charge in [-0.15, -0.1) is 11.8 Å². The van der Waals surface area contributed by atoms with Crippen LogP contribution < -0.4 is 25.4 Å². The number of fused-ring (bicyclic) bond motifs is 1. The maximum atomic E-state index is 13.7. The summed E-state index contributed by atoms with van der Waals surface area (Å²) in [5.74, 6) is 0.0932. The van der Waals surface area contributed by atoms with Crippen LogP contribution in [-0.4, -0.2) is 30.9 Å². The quantitative estimate of drug-likeness (QED) is 0.0995. The molecule has 0 aromatic heterocycles. The largest absolute Gasteiger partial charge is 0.486 e. The van der Waals surface area contributed by atoms with Gasteiger partial charge in [-0.1, -0.05) is 82.7 Å². The molecule has 1 heterocycles. The van der Waals surface area contributed by atoms with E-state index in [9.17, 15) is 14.4 Å². The average Bonchev–Trinajstić information content (AvgIpc) is 3.12. The summed E-state index contributed by atoms with van der Waals surface area (Å²) >= 11 is 4.78. The van der Waals surface area contributed by atoms with Crippen molar-refractivity contribution >= 4 is 62.9 Å². The van der Waals surface area contributed by atoms with Crippen molar-refractivity contribution in [1.82, 2.24) is 5.32 Å². The Labute approximate surface area is 290 Å². The van der Waals surface area contributed by atoms with Crippen LogP contribution in [0.25, 0.3) is 6.08 Å². The van der Waals surface area contributed by atoms with Crippen molar-refractivity contribution in [2.24, 2.45) is 0 Å². The zero-order valence-electron chi connectivity index (χ0n) is 25.5. The van der Waals surface area contributed by atoms with Crippen LogP contribution in [0.2, 0.25) is 0 Å². The van der Waals surface area contributed by atoms with Crippen molar-refractivity contribution in [3.8, 4) is 11.5 Å². The molecule has 8 nitrogen and oxygen atoms in total. The van der Waals surface area contributed by atoms with E-state index in [1.54, 1.807) is 66.7 Å². The minimum Gasteiger partial charge on any atom is -0.486 e. The number of benzene rings is 5. The van der Waals surface area contributed by atoms with Gasteiger partial charge in [0.05, 0.1) is 0 Å². The molecule has 0 saturated heterocycles. The van der Waals surface area contributed by atoms with E-state index in [0.29, 0.717) is 41.7 Å². The first-order valence-corrected chi connectivity index (χ1v) is 16.8. The van der Waals surface area contributed by atoms with E-state index in [1.165, 1.54) is 11.8 Å². The van der Waals surface area contributed by atoms with Crippen LogP contribution in [0.4, 0.5) is 11.4 Å². The number of rotatable bonds is 10. The Morgan fingerprint density at radius 2 is 1.40 bits per heavy atom. The van der Waals surface area contributed by atoms with E-state index < -0.39 is 17.1 Å². The normalized spacial score (nSPS) is 12.8. The summed E-state index contributed by atoms with van der Waals surface area (Å²) in [5, 5.41) is 8.08. The molecule has 48 heavy (non-hydrogen) atoms. The maximum Gasteiger partial charge on any atom is 0.272 e. The van der Waals surface area contributed by atoms with Gasteiger partial charge in [0.25, 0.3) is 11.8 Å². The Morgan fingerprint density at radius 1 is 0.708 bits per heavy atom. The zero-order chi connectivity index (χ0) is 33.3. The molecule has 0 radical (unpaired) electrons. The predicted molar refractivity (Wildman–Crippen MR) is 192 cm³/mol. The highest BCUT2D eigenvalue weighted by molar-refractivity contribution is 9.10. The fraction of sp³-hybridized carbons (Fsp3) is 0.0789. The summed E-state index contributed by atoms with van der Waals surface area (Å²) in [6, 6.07) is 38.1. The van der Waals surface area contributed by atoms with E-state index in [4.69, 9.17) is 9.47 Å². The lowest BCUT2D eigenvalue weighted by Crippen LogP contribution is -2.30. The van der Waals surface area contributed by atoms with E-state index >= 15 is 0 Å². The number of nitrogens with one attached hydrogen (secondary N) is 3. The van der Waals surface area contributed by atoms with Gasteiger partial charge in [0.15, 0.2) is 11.5 Å². The molecule has 1 aliphatic heterocycles. The highest BCUT2D eigenvalue weighted by atomic mass is 79.9. The molecule has 0 fully saturated rings. The molecule has 0 saturated carbocycles. The molecule has 1 aliphatic rings. The molecule has 5 aromatic carbocycles. The minimum absolute atomic E-state index is 0.0743. The van der Waals surface area contributed by atoms with Crippen molar-refractivity contribution in [2.45, 2.75) is 10.1 Å². The number of amides is 3. The van der Waals surface area contributed by atoms with Crippen molar-refractivity contribution < 1.29 is 23.9 Å². The van der Waals surface area contributed by atoms with Gasteiger partial charge in [-0.05, 0) is 71.8 Å². The third kappa shape index (κ3) is 8.52. The molecule has 0 bridgehead atoms. The number of carbonyl (C=O) groups is 3. The second kappa shape index (κ2) is 15.5. The third-order valence-electron chi connectivity index (χ3n) is 7.21. The molecule has 5 aromatic rings. The Kier molecular flexibility index (Phi) is 10.5. The highest BCUT2D eigenvalue weighted by Gasteiger charge is 2.24.